The van der Waals surface area contributed by atoms with Crippen molar-refractivity contribution in [1.29, 1.82) is 0 Å². The van der Waals surface area contributed by atoms with E-state index in [0.29, 0.717) is 6.42 Å². The van der Waals surface area contributed by atoms with Crippen LogP contribution in [-0.2, 0) is 4.79 Å². The monoisotopic (exact) mass is 289 g/mol. The summed E-state index contributed by atoms with van der Waals surface area (Å²) in [6, 6.07) is 5.90. The fraction of sp³-hybridized carbons (Fsp3) is 0.300. The van der Waals surface area contributed by atoms with E-state index >= 15 is 0 Å². The Balaban J connectivity index is 2.79. The molecule has 0 unspecified atom stereocenters. The first kappa shape index (κ1) is 10.5. The third-order valence-corrected chi connectivity index (χ3v) is 2.97. The molecule has 0 aliphatic rings. The second kappa shape index (κ2) is 4.60. The summed E-state index contributed by atoms with van der Waals surface area (Å²) in [5.41, 5.74) is 2.07. The number of carbonyl (C=O) groups excluding carboxylic acids is 1. The van der Waals surface area contributed by atoms with Gasteiger partial charge in [0.1, 0.15) is 0 Å². The highest BCUT2D eigenvalue weighted by Gasteiger charge is 2.00. The number of nitrogens with one attached hydrogen (secondary N) is 1. The summed E-state index contributed by atoms with van der Waals surface area (Å²) in [4.78, 5) is 11.1. The minimum Gasteiger partial charge on any atom is -0.326 e. The van der Waals surface area contributed by atoms with Crippen LogP contribution >= 0.6 is 22.6 Å². The zero-order chi connectivity index (χ0) is 9.84. The normalized spacial score (nSPS) is 9.77. The van der Waals surface area contributed by atoms with Crippen molar-refractivity contribution in [3.8, 4) is 0 Å². The molecule has 1 aromatic rings. The van der Waals surface area contributed by atoms with E-state index in [2.05, 4.69) is 27.9 Å². The summed E-state index contributed by atoms with van der Waals surface area (Å²) in [6.07, 6.45) is 0.519. The van der Waals surface area contributed by atoms with Crippen LogP contribution in [0.2, 0.25) is 0 Å². The summed E-state index contributed by atoms with van der Waals surface area (Å²) in [5.74, 6) is 0.0561. The predicted octanol–water partition coefficient (Wildman–Crippen LogP) is 2.95. The molecule has 0 saturated carbocycles. The molecule has 0 saturated heterocycles. The van der Waals surface area contributed by atoms with Crippen molar-refractivity contribution in [3.63, 3.8) is 0 Å². The smallest absolute Gasteiger partial charge is 0.224 e. The van der Waals surface area contributed by atoms with Crippen LogP contribution < -0.4 is 5.32 Å². The van der Waals surface area contributed by atoms with Crippen LogP contribution in [0.5, 0.6) is 0 Å². The first-order valence-corrected chi connectivity index (χ1v) is 5.27. The van der Waals surface area contributed by atoms with E-state index in [0.717, 1.165) is 5.69 Å². The standard InChI is InChI=1S/C10H12INO/c1-3-10(13)12-8-4-5-9(11)7(2)6-8/h4-6H,3H2,1-2H3,(H,12,13). The summed E-state index contributed by atoms with van der Waals surface area (Å²) >= 11 is 2.27. The molecule has 0 spiro atoms. The van der Waals surface area contributed by atoms with Crippen LogP contribution in [-0.4, -0.2) is 5.91 Å². The molecular formula is C10H12INO. The number of rotatable bonds is 2. The molecule has 0 atom stereocenters. The fourth-order valence-corrected chi connectivity index (χ4v) is 1.31. The van der Waals surface area contributed by atoms with E-state index in [1.807, 2.05) is 32.0 Å². The average molecular weight is 289 g/mol. The van der Waals surface area contributed by atoms with Gasteiger partial charge in [-0.25, -0.2) is 0 Å². The molecular weight excluding hydrogens is 277 g/mol. The molecule has 0 aliphatic carbocycles. The van der Waals surface area contributed by atoms with E-state index in [4.69, 9.17) is 0 Å². The number of hydrogen-bond acceptors (Lipinski definition) is 1. The van der Waals surface area contributed by atoms with Crippen molar-refractivity contribution < 1.29 is 4.79 Å². The van der Waals surface area contributed by atoms with Gasteiger partial charge >= 0.3 is 0 Å². The number of anilines is 1. The van der Waals surface area contributed by atoms with Gasteiger partial charge in [0.05, 0.1) is 0 Å². The van der Waals surface area contributed by atoms with Gasteiger partial charge in [-0.3, -0.25) is 4.79 Å². The second-order valence-electron chi connectivity index (χ2n) is 2.87. The zero-order valence-corrected chi connectivity index (χ0v) is 9.88. The lowest BCUT2D eigenvalue weighted by atomic mass is 10.2. The maximum atomic E-state index is 11.1. The molecule has 0 aliphatic heterocycles. The van der Waals surface area contributed by atoms with Crippen molar-refractivity contribution in [1.82, 2.24) is 0 Å². The first-order valence-electron chi connectivity index (χ1n) is 4.19. The maximum absolute atomic E-state index is 11.1. The molecule has 0 aromatic heterocycles. The van der Waals surface area contributed by atoms with E-state index in [1.165, 1.54) is 9.13 Å². The SMILES string of the molecule is CCC(=O)Nc1ccc(I)c(C)c1. The van der Waals surface area contributed by atoms with Crippen LogP contribution in [0.25, 0.3) is 0 Å². The lowest BCUT2D eigenvalue weighted by Gasteiger charge is -2.05. The van der Waals surface area contributed by atoms with Crippen LogP contribution in [0.15, 0.2) is 18.2 Å². The highest BCUT2D eigenvalue weighted by atomic mass is 127. The van der Waals surface area contributed by atoms with Crippen LogP contribution in [0.3, 0.4) is 0 Å². The molecule has 3 heteroatoms. The molecule has 2 nitrogen and oxygen atoms in total. The molecule has 1 amide bonds. The van der Waals surface area contributed by atoms with Gasteiger partial charge in [-0.15, -0.1) is 0 Å². The third kappa shape index (κ3) is 2.99. The van der Waals surface area contributed by atoms with Gasteiger partial charge in [-0.05, 0) is 53.3 Å². The van der Waals surface area contributed by atoms with Gasteiger partial charge < -0.3 is 5.32 Å². The summed E-state index contributed by atoms with van der Waals surface area (Å²) < 4.78 is 1.21. The van der Waals surface area contributed by atoms with E-state index in [1.54, 1.807) is 0 Å². The quantitative estimate of drug-likeness (QED) is 0.833. The lowest BCUT2D eigenvalue weighted by Crippen LogP contribution is -2.09. The Morgan fingerprint density at radius 1 is 1.54 bits per heavy atom. The molecule has 0 bridgehead atoms. The van der Waals surface area contributed by atoms with Gasteiger partial charge in [0, 0.05) is 15.7 Å². The Labute approximate surface area is 91.9 Å². The van der Waals surface area contributed by atoms with E-state index in [9.17, 15) is 4.79 Å². The summed E-state index contributed by atoms with van der Waals surface area (Å²) in [6.45, 7) is 3.87. The lowest BCUT2D eigenvalue weighted by molar-refractivity contribution is -0.115. The van der Waals surface area contributed by atoms with Crippen LogP contribution in [0.1, 0.15) is 18.9 Å². The van der Waals surface area contributed by atoms with Crippen molar-refractivity contribution in [2.75, 3.05) is 5.32 Å². The molecule has 0 radical (unpaired) electrons. The molecule has 1 aromatic carbocycles. The van der Waals surface area contributed by atoms with Crippen molar-refractivity contribution in [2.45, 2.75) is 20.3 Å². The van der Waals surface area contributed by atoms with Gasteiger partial charge in [0.25, 0.3) is 0 Å². The minimum absolute atomic E-state index is 0.0561. The van der Waals surface area contributed by atoms with Crippen molar-refractivity contribution >= 4 is 34.2 Å². The van der Waals surface area contributed by atoms with Crippen molar-refractivity contribution in [3.05, 3.63) is 27.3 Å². The Hall–Kier alpha value is -0.580. The Kier molecular flexibility index (Phi) is 3.71. The Morgan fingerprint density at radius 3 is 2.77 bits per heavy atom. The van der Waals surface area contributed by atoms with E-state index < -0.39 is 0 Å². The number of carbonyl (C=O) groups is 1. The number of halogens is 1. The predicted molar refractivity (Wildman–Crippen MR) is 62.8 cm³/mol. The number of hydrogen-bond donors (Lipinski definition) is 1. The summed E-state index contributed by atoms with van der Waals surface area (Å²) in [7, 11) is 0. The number of benzene rings is 1. The average Bonchev–Trinajstić information content (AvgIpc) is 2.11. The topological polar surface area (TPSA) is 29.1 Å². The molecule has 0 fully saturated rings. The highest BCUT2D eigenvalue weighted by Crippen LogP contribution is 2.16. The molecule has 0 heterocycles. The summed E-state index contributed by atoms with van der Waals surface area (Å²) in [5, 5.41) is 2.82. The van der Waals surface area contributed by atoms with Crippen LogP contribution in [0, 0.1) is 10.5 Å². The minimum atomic E-state index is 0.0561. The highest BCUT2D eigenvalue weighted by molar-refractivity contribution is 14.1. The largest absolute Gasteiger partial charge is 0.326 e. The molecule has 1 N–H and O–H groups in total. The zero-order valence-electron chi connectivity index (χ0n) is 7.73. The fourth-order valence-electron chi connectivity index (χ4n) is 0.972. The van der Waals surface area contributed by atoms with Gasteiger partial charge in [0.15, 0.2) is 0 Å². The number of aryl methyl sites for hydroxylation is 1. The second-order valence-corrected chi connectivity index (χ2v) is 4.03. The van der Waals surface area contributed by atoms with E-state index in [-0.39, 0.29) is 5.91 Å². The first-order chi connectivity index (χ1) is 6.13. The Bertz CT molecular complexity index is 323. The van der Waals surface area contributed by atoms with Crippen LogP contribution in [0.4, 0.5) is 5.69 Å². The molecule has 70 valence electrons. The van der Waals surface area contributed by atoms with Gasteiger partial charge in [-0.1, -0.05) is 6.92 Å². The number of amides is 1. The van der Waals surface area contributed by atoms with Gasteiger partial charge in [-0.2, -0.15) is 0 Å². The van der Waals surface area contributed by atoms with Gasteiger partial charge in [0.2, 0.25) is 5.91 Å². The maximum Gasteiger partial charge on any atom is 0.224 e. The third-order valence-electron chi connectivity index (χ3n) is 1.76. The molecule has 1 rings (SSSR count). The van der Waals surface area contributed by atoms with Crippen molar-refractivity contribution in [2.24, 2.45) is 0 Å². The molecule has 13 heavy (non-hydrogen) atoms. The Morgan fingerprint density at radius 2 is 2.23 bits per heavy atom.